The number of anilines is 2. The molecule has 3 rings (SSSR count). The van der Waals surface area contributed by atoms with Crippen LogP contribution in [0.1, 0.15) is 5.82 Å². The van der Waals surface area contributed by atoms with Crippen LogP contribution in [-0.2, 0) is 13.1 Å². The lowest BCUT2D eigenvalue weighted by Crippen LogP contribution is -2.34. The average Bonchev–Trinajstić information content (AvgIpc) is 2.76. The van der Waals surface area contributed by atoms with E-state index in [4.69, 9.17) is 5.73 Å². The third-order valence-electron chi connectivity index (χ3n) is 2.80. The Morgan fingerprint density at radius 1 is 1.31 bits per heavy atom. The van der Waals surface area contributed by atoms with Gasteiger partial charge in [-0.25, -0.2) is 4.98 Å². The molecule has 0 aromatic carbocycles. The second kappa shape index (κ2) is 3.48. The van der Waals surface area contributed by atoms with Crippen molar-refractivity contribution in [3.63, 3.8) is 0 Å². The second-order valence-electron chi connectivity index (χ2n) is 3.77. The van der Waals surface area contributed by atoms with Crippen molar-refractivity contribution in [1.29, 1.82) is 0 Å². The highest BCUT2D eigenvalue weighted by Crippen LogP contribution is 2.23. The lowest BCUT2D eigenvalue weighted by atomic mass is 10.3. The van der Waals surface area contributed by atoms with Crippen molar-refractivity contribution in [1.82, 2.24) is 19.7 Å². The Morgan fingerprint density at radius 2 is 2.25 bits per heavy atom. The summed E-state index contributed by atoms with van der Waals surface area (Å²) in [6.07, 6.45) is 3.46. The van der Waals surface area contributed by atoms with Gasteiger partial charge in [-0.3, -0.25) is 0 Å². The summed E-state index contributed by atoms with van der Waals surface area (Å²) in [4.78, 5) is 6.26. The van der Waals surface area contributed by atoms with Crippen molar-refractivity contribution in [2.45, 2.75) is 13.1 Å². The molecule has 2 aromatic heterocycles. The van der Waals surface area contributed by atoms with E-state index in [0.717, 1.165) is 31.1 Å². The summed E-state index contributed by atoms with van der Waals surface area (Å²) in [6, 6.07) is 3.87. The summed E-state index contributed by atoms with van der Waals surface area (Å²) in [5.74, 6) is 1.53. The van der Waals surface area contributed by atoms with Crippen LogP contribution < -0.4 is 10.6 Å². The first-order valence-corrected chi connectivity index (χ1v) is 5.17. The average molecular weight is 216 g/mol. The molecule has 2 N–H and O–H groups in total. The maximum atomic E-state index is 5.85. The molecule has 0 spiro atoms. The minimum atomic E-state index is 0.565. The van der Waals surface area contributed by atoms with Crippen molar-refractivity contribution < 1.29 is 0 Å². The van der Waals surface area contributed by atoms with Crippen LogP contribution in [0.3, 0.4) is 0 Å². The van der Waals surface area contributed by atoms with Crippen LogP contribution in [0, 0.1) is 0 Å². The number of nitrogens with zero attached hydrogens (tertiary/aromatic N) is 5. The van der Waals surface area contributed by atoms with E-state index in [-0.39, 0.29) is 0 Å². The zero-order valence-corrected chi connectivity index (χ0v) is 8.74. The molecule has 0 amide bonds. The first kappa shape index (κ1) is 9.14. The maximum absolute atomic E-state index is 5.85. The molecule has 2 aromatic rings. The van der Waals surface area contributed by atoms with Gasteiger partial charge in [0.1, 0.15) is 12.1 Å². The summed E-state index contributed by atoms with van der Waals surface area (Å²) < 4.78 is 2.06. The number of nitrogen functional groups attached to an aromatic ring is 1. The molecule has 1 aliphatic heterocycles. The Balaban J connectivity index is 1.92. The summed E-state index contributed by atoms with van der Waals surface area (Å²) in [5, 5.41) is 7.97. The summed E-state index contributed by atoms with van der Waals surface area (Å²) in [6.45, 7) is 2.52. The highest BCUT2D eigenvalue weighted by atomic mass is 15.3. The first-order chi connectivity index (χ1) is 7.84. The smallest absolute Gasteiger partial charge is 0.152 e. The Bertz CT molecular complexity index is 506. The van der Waals surface area contributed by atoms with Gasteiger partial charge < -0.3 is 15.2 Å². The Kier molecular flexibility index (Phi) is 1.99. The topological polar surface area (TPSA) is 72.9 Å². The molecule has 0 bridgehead atoms. The number of fused-ring (bicyclic) bond motifs is 1. The SMILES string of the molecule is Nc1ncccc1N1CCn2cnnc2C1. The molecular formula is C10H12N6. The molecule has 0 saturated heterocycles. The van der Waals surface area contributed by atoms with E-state index in [2.05, 4.69) is 24.6 Å². The molecule has 0 atom stereocenters. The van der Waals surface area contributed by atoms with Gasteiger partial charge in [-0.2, -0.15) is 0 Å². The van der Waals surface area contributed by atoms with Crippen LogP contribution in [0.15, 0.2) is 24.7 Å². The van der Waals surface area contributed by atoms with Gasteiger partial charge in [0, 0.05) is 19.3 Å². The lowest BCUT2D eigenvalue weighted by Gasteiger charge is -2.29. The second-order valence-corrected chi connectivity index (χ2v) is 3.77. The number of hydrogen-bond acceptors (Lipinski definition) is 5. The number of aromatic nitrogens is 4. The predicted molar refractivity (Wildman–Crippen MR) is 59.7 cm³/mol. The molecule has 6 nitrogen and oxygen atoms in total. The molecule has 0 unspecified atom stereocenters. The molecule has 3 heterocycles. The molecule has 6 heteroatoms. The Labute approximate surface area is 92.7 Å². The number of pyridine rings is 1. The van der Waals surface area contributed by atoms with Crippen molar-refractivity contribution >= 4 is 11.5 Å². The largest absolute Gasteiger partial charge is 0.382 e. The summed E-state index contributed by atoms with van der Waals surface area (Å²) >= 11 is 0. The molecule has 0 fully saturated rings. The van der Waals surface area contributed by atoms with Crippen molar-refractivity contribution in [2.75, 3.05) is 17.2 Å². The van der Waals surface area contributed by atoms with E-state index in [1.54, 1.807) is 12.5 Å². The monoisotopic (exact) mass is 216 g/mol. The normalized spacial score (nSPS) is 14.9. The molecule has 0 saturated carbocycles. The van der Waals surface area contributed by atoms with Gasteiger partial charge in [0.05, 0.1) is 12.2 Å². The predicted octanol–water partition coefficient (Wildman–Crippen LogP) is 0.275. The van der Waals surface area contributed by atoms with Crippen molar-refractivity contribution in [3.8, 4) is 0 Å². The van der Waals surface area contributed by atoms with Crippen molar-refractivity contribution in [2.24, 2.45) is 0 Å². The third-order valence-corrected chi connectivity index (χ3v) is 2.80. The number of hydrogen-bond donors (Lipinski definition) is 1. The van der Waals surface area contributed by atoms with Gasteiger partial charge in [-0.05, 0) is 12.1 Å². The van der Waals surface area contributed by atoms with E-state index in [9.17, 15) is 0 Å². The first-order valence-electron chi connectivity index (χ1n) is 5.17. The highest BCUT2D eigenvalue weighted by molar-refractivity contribution is 5.63. The minimum absolute atomic E-state index is 0.565. The maximum Gasteiger partial charge on any atom is 0.152 e. The van der Waals surface area contributed by atoms with Crippen LogP contribution in [0.5, 0.6) is 0 Å². The molecule has 0 aliphatic carbocycles. The molecule has 1 aliphatic rings. The summed E-state index contributed by atoms with van der Waals surface area (Å²) in [5.41, 5.74) is 6.82. The molecule has 82 valence electrons. The van der Waals surface area contributed by atoms with Gasteiger partial charge >= 0.3 is 0 Å². The fraction of sp³-hybridized carbons (Fsp3) is 0.300. The molecule has 16 heavy (non-hydrogen) atoms. The third kappa shape index (κ3) is 1.39. The van der Waals surface area contributed by atoms with Gasteiger partial charge in [-0.1, -0.05) is 0 Å². The van der Waals surface area contributed by atoms with Crippen LogP contribution in [-0.4, -0.2) is 26.3 Å². The summed E-state index contributed by atoms with van der Waals surface area (Å²) in [7, 11) is 0. The lowest BCUT2D eigenvalue weighted by molar-refractivity contribution is 0.560. The zero-order chi connectivity index (χ0) is 11.0. The van der Waals surface area contributed by atoms with Gasteiger partial charge in [0.25, 0.3) is 0 Å². The fourth-order valence-electron chi connectivity index (χ4n) is 1.95. The molecule has 0 radical (unpaired) electrons. The Morgan fingerprint density at radius 3 is 3.12 bits per heavy atom. The highest BCUT2D eigenvalue weighted by Gasteiger charge is 2.19. The van der Waals surface area contributed by atoms with Crippen molar-refractivity contribution in [3.05, 3.63) is 30.5 Å². The van der Waals surface area contributed by atoms with Crippen LogP contribution in [0.2, 0.25) is 0 Å². The van der Waals surface area contributed by atoms with Gasteiger partial charge in [0.15, 0.2) is 5.82 Å². The minimum Gasteiger partial charge on any atom is -0.382 e. The number of rotatable bonds is 1. The van der Waals surface area contributed by atoms with E-state index in [0.29, 0.717) is 5.82 Å². The van der Waals surface area contributed by atoms with E-state index in [1.165, 1.54) is 0 Å². The van der Waals surface area contributed by atoms with Crippen LogP contribution in [0.25, 0.3) is 0 Å². The standard InChI is InChI=1S/C10H12N6/c11-10-8(2-1-3-12-10)15-4-5-16-7-13-14-9(16)6-15/h1-3,7H,4-6H2,(H2,11,12). The van der Waals surface area contributed by atoms with E-state index < -0.39 is 0 Å². The van der Waals surface area contributed by atoms with E-state index in [1.807, 2.05) is 12.1 Å². The fourth-order valence-corrected chi connectivity index (χ4v) is 1.95. The Hall–Kier alpha value is -2.11. The zero-order valence-electron chi connectivity index (χ0n) is 8.74. The van der Waals surface area contributed by atoms with Gasteiger partial charge in [0.2, 0.25) is 0 Å². The molecular weight excluding hydrogens is 204 g/mol. The van der Waals surface area contributed by atoms with Crippen LogP contribution >= 0.6 is 0 Å². The van der Waals surface area contributed by atoms with Crippen LogP contribution in [0.4, 0.5) is 11.5 Å². The quantitative estimate of drug-likeness (QED) is 0.741. The number of nitrogens with two attached hydrogens (primary N) is 1. The van der Waals surface area contributed by atoms with Gasteiger partial charge in [-0.15, -0.1) is 10.2 Å². The van der Waals surface area contributed by atoms with E-state index >= 15 is 0 Å².